The summed E-state index contributed by atoms with van der Waals surface area (Å²) < 4.78 is 1.91. The molecule has 2 heterocycles. The van der Waals surface area contributed by atoms with E-state index in [0.717, 1.165) is 38.2 Å². The van der Waals surface area contributed by atoms with Gasteiger partial charge in [0.1, 0.15) is 0 Å². The molecule has 1 aromatic carbocycles. The van der Waals surface area contributed by atoms with E-state index in [-0.39, 0.29) is 11.8 Å². The van der Waals surface area contributed by atoms with E-state index in [4.69, 9.17) is 5.73 Å². The van der Waals surface area contributed by atoms with Crippen molar-refractivity contribution >= 4 is 5.91 Å². The third-order valence-corrected chi connectivity index (χ3v) is 5.08. The second-order valence-corrected chi connectivity index (χ2v) is 7.15. The Morgan fingerprint density at radius 3 is 2.96 bits per heavy atom. The van der Waals surface area contributed by atoms with Gasteiger partial charge in [-0.25, -0.2) is 0 Å². The summed E-state index contributed by atoms with van der Waals surface area (Å²) in [6.45, 7) is 5.83. The van der Waals surface area contributed by atoms with Gasteiger partial charge in [-0.1, -0.05) is 17.7 Å². The second-order valence-electron chi connectivity index (χ2n) is 7.15. The van der Waals surface area contributed by atoms with Crippen molar-refractivity contribution in [3.05, 3.63) is 41.6 Å². The maximum Gasteiger partial charge on any atom is 0.224 e. The van der Waals surface area contributed by atoms with Crippen LogP contribution in [0, 0.1) is 12.8 Å². The zero-order valence-corrected chi connectivity index (χ0v) is 15.7. The minimum atomic E-state index is 0.0564. The Hall–Kier alpha value is -2.18. The van der Waals surface area contributed by atoms with E-state index in [1.165, 1.54) is 16.7 Å². The van der Waals surface area contributed by atoms with Crippen molar-refractivity contribution < 1.29 is 4.79 Å². The summed E-state index contributed by atoms with van der Waals surface area (Å²) in [7, 11) is 1.97. The van der Waals surface area contributed by atoms with Crippen molar-refractivity contribution in [1.82, 2.24) is 20.0 Å². The lowest BCUT2D eigenvalue weighted by Crippen LogP contribution is -2.43. The third kappa shape index (κ3) is 4.31. The lowest BCUT2D eigenvalue weighted by atomic mass is 9.95. The molecule has 1 aromatic heterocycles. The van der Waals surface area contributed by atoms with E-state index >= 15 is 0 Å². The number of carbonyl (C=O) groups is 1. The first-order chi connectivity index (χ1) is 12.6. The third-order valence-electron chi connectivity index (χ3n) is 5.08. The van der Waals surface area contributed by atoms with Crippen LogP contribution in [0.3, 0.4) is 0 Å². The summed E-state index contributed by atoms with van der Waals surface area (Å²) in [5.74, 6) is 0.191. The Labute approximate surface area is 155 Å². The van der Waals surface area contributed by atoms with Gasteiger partial charge in [0.25, 0.3) is 0 Å². The number of likely N-dealkylation sites (tertiary alicyclic amines) is 1. The monoisotopic (exact) mass is 355 g/mol. The molecule has 1 atom stereocenters. The second kappa shape index (κ2) is 8.47. The quantitative estimate of drug-likeness (QED) is 0.827. The van der Waals surface area contributed by atoms with E-state index in [9.17, 15) is 4.79 Å². The van der Waals surface area contributed by atoms with E-state index in [0.29, 0.717) is 13.1 Å². The summed E-state index contributed by atoms with van der Waals surface area (Å²) in [6, 6.07) is 8.64. The van der Waals surface area contributed by atoms with Crippen molar-refractivity contribution in [3.63, 3.8) is 0 Å². The van der Waals surface area contributed by atoms with Gasteiger partial charge >= 0.3 is 0 Å². The normalized spacial score (nSPS) is 18.0. The number of nitrogens with two attached hydrogens (primary N) is 1. The van der Waals surface area contributed by atoms with Crippen LogP contribution in [0.5, 0.6) is 0 Å². The molecule has 1 amide bonds. The molecule has 0 saturated carbocycles. The smallest absolute Gasteiger partial charge is 0.224 e. The minimum absolute atomic E-state index is 0.0564. The fraction of sp³-hybridized carbons (Fsp3) is 0.500. The maximum absolute atomic E-state index is 12.3. The van der Waals surface area contributed by atoms with Crippen LogP contribution in [0.15, 0.2) is 30.5 Å². The summed E-state index contributed by atoms with van der Waals surface area (Å²) >= 11 is 0. The Morgan fingerprint density at radius 2 is 2.23 bits per heavy atom. The van der Waals surface area contributed by atoms with Crippen molar-refractivity contribution in [1.29, 1.82) is 0 Å². The van der Waals surface area contributed by atoms with Gasteiger partial charge in [0.05, 0.1) is 11.6 Å². The molecule has 3 rings (SSSR count). The first kappa shape index (κ1) is 18.6. The number of hydrogen-bond donors (Lipinski definition) is 2. The van der Waals surface area contributed by atoms with E-state index < -0.39 is 0 Å². The van der Waals surface area contributed by atoms with Crippen LogP contribution in [0.2, 0.25) is 0 Å². The van der Waals surface area contributed by atoms with Crippen molar-refractivity contribution in [2.75, 3.05) is 26.2 Å². The number of hydrogen-bond acceptors (Lipinski definition) is 4. The van der Waals surface area contributed by atoms with Gasteiger partial charge in [-0.05, 0) is 44.0 Å². The standard InChI is InChI=1S/C20H29N5O/c1-15-5-6-16(18(12-15)19-7-9-23-24(19)2)13-25-11-3-4-17(14-25)20(26)22-10-8-21/h5-7,9,12,17H,3-4,8,10-11,13-14,21H2,1-2H3,(H,22,26). The van der Waals surface area contributed by atoms with Crippen molar-refractivity contribution in [2.45, 2.75) is 26.3 Å². The molecule has 0 bridgehead atoms. The summed E-state index contributed by atoms with van der Waals surface area (Å²) in [5.41, 5.74) is 10.4. The van der Waals surface area contributed by atoms with Gasteiger partial charge in [-0.3, -0.25) is 14.4 Å². The molecule has 1 aliphatic rings. The average Bonchev–Trinajstić information content (AvgIpc) is 3.07. The SMILES string of the molecule is Cc1ccc(CN2CCCC(C(=O)NCCN)C2)c(-c2ccnn2C)c1. The zero-order chi connectivity index (χ0) is 18.5. The van der Waals surface area contributed by atoms with Gasteiger partial charge in [-0.2, -0.15) is 5.10 Å². The number of aryl methyl sites for hydroxylation is 2. The van der Waals surface area contributed by atoms with Crippen LogP contribution >= 0.6 is 0 Å². The number of aromatic nitrogens is 2. The summed E-state index contributed by atoms with van der Waals surface area (Å²) in [5, 5.41) is 7.25. The number of rotatable bonds is 6. The number of piperidine rings is 1. The molecule has 2 aromatic rings. The first-order valence-electron chi connectivity index (χ1n) is 9.36. The Morgan fingerprint density at radius 1 is 1.38 bits per heavy atom. The highest BCUT2D eigenvalue weighted by Crippen LogP contribution is 2.27. The van der Waals surface area contributed by atoms with E-state index in [1.54, 1.807) is 0 Å². The van der Waals surface area contributed by atoms with E-state index in [2.05, 4.69) is 46.5 Å². The van der Waals surface area contributed by atoms with Crippen LogP contribution < -0.4 is 11.1 Å². The minimum Gasteiger partial charge on any atom is -0.355 e. The molecular weight excluding hydrogens is 326 g/mol. The van der Waals surface area contributed by atoms with Crippen LogP contribution in [0.1, 0.15) is 24.0 Å². The van der Waals surface area contributed by atoms with Gasteiger partial charge in [0.2, 0.25) is 5.91 Å². The fourth-order valence-electron chi connectivity index (χ4n) is 3.70. The van der Waals surface area contributed by atoms with Crippen LogP contribution in [0.25, 0.3) is 11.3 Å². The molecule has 1 unspecified atom stereocenters. The Kier molecular flexibility index (Phi) is 6.06. The lowest BCUT2D eigenvalue weighted by molar-refractivity contribution is -0.126. The van der Waals surface area contributed by atoms with Gasteiger partial charge in [0, 0.05) is 45.0 Å². The maximum atomic E-state index is 12.3. The summed E-state index contributed by atoms with van der Waals surface area (Å²) in [6.07, 6.45) is 3.84. The van der Waals surface area contributed by atoms with Crippen LogP contribution in [-0.2, 0) is 18.4 Å². The predicted molar refractivity (Wildman–Crippen MR) is 103 cm³/mol. The number of nitrogens with zero attached hydrogens (tertiary/aromatic N) is 3. The predicted octanol–water partition coefficient (Wildman–Crippen LogP) is 1.68. The molecule has 0 aliphatic carbocycles. The number of nitrogens with one attached hydrogen (secondary N) is 1. The molecule has 1 saturated heterocycles. The molecule has 1 aliphatic heterocycles. The molecule has 6 nitrogen and oxygen atoms in total. The highest BCUT2D eigenvalue weighted by Gasteiger charge is 2.26. The number of benzene rings is 1. The molecule has 0 spiro atoms. The van der Waals surface area contributed by atoms with Crippen LogP contribution in [-0.4, -0.2) is 46.8 Å². The topological polar surface area (TPSA) is 76.2 Å². The zero-order valence-electron chi connectivity index (χ0n) is 15.7. The van der Waals surface area contributed by atoms with Crippen molar-refractivity contribution in [3.8, 4) is 11.3 Å². The fourth-order valence-corrected chi connectivity index (χ4v) is 3.70. The van der Waals surface area contributed by atoms with Gasteiger partial charge in [0.15, 0.2) is 0 Å². The molecule has 0 radical (unpaired) electrons. The molecule has 26 heavy (non-hydrogen) atoms. The van der Waals surface area contributed by atoms with Gasteiger partial charge in [-0.15, -0.1) is 0 Å². The number of carbonyl (C=O) groups excluding carboxylic acids is 1. The molecule has 6 heteroatoms. The number of amides is 1. The van der Waals surface area contributed by atoms with Crippen LogP contribution in [0.4, 0.5) is 0 Å². The largest absolute Gasteiger partial charge is 0.355 e. The average molecular weight is 355 g/mol. The lowest BCUT2D eigenvalue weighted by Gasteiger charge is -2.32. The molecule has 1 fully saturated rings. The Bertz CT molecular complexity index is 754. The summed E-state index contributed by atoms with van der Waals surface area (Å²) in [4.78, 5) is 14.7. The van der Waals surface area contributed by atoms with Crippen molar-refractivity contribution in [2.24, 2.45) is 18.7 Å². The highest BCUT2D eigenvalue weighted by atomic mass is 16.1. The molecular formula is C20H29N5O. The highest BCUT2D eigenvalue weighted by molar-refractivity contribution is 5.79. The molecule has 140 valence electrons. The van der Waals surface area contributed by atoms with E-state index in [1.807, 2.05) is 17.9 Å². The van der Waals surface area contributed by atoms with Gasteiger partial charge < -0.3 is 11.1 Å². The first-order valence-corrected chi connectivity index (χ1v) is 9.36. The molecule has 3 N–H and O–H groups in total. The Balaban J connectivity index is 1.75.